The van der Waals surface area contributed by atoms with Gasteiger partial charge in [0.2, 0.25) is 5.91 Å². The molecule has 4 rings (SSSR count). The summed E-state index contributed by atoms with van der Waals surface area (Å²) in [4.78, 5) is 41.6. The quantitative estimate of drug-likeness (QED) is 0.708. The van der Waals surface area contributed by atoms with Crippen LogP contribution in [-0.2, 0) is 27.2 Å². The molecule has 2 aromatic carbocycles. The first-order valence-electron chi connectivity index (χ1n) is 9.98. The summed E-state index contributed by atoms with van der Waals surface area (Å²) < 4.78 is 5.56. The van der Waals surface area contributed by atoms with Crippen LogP contribution in [-0.4, -0.2) is 59.4 Å². The Morgan fingerprint density at radius 3 is 2.33 bits per heavy atom. The number of carbonyl (C=O) groups is 3. The standard InChI is InChI=1S/C23H23ClN2O4/c1-23(15-17-4-2-3-5-19(17)21(28)30-23)22(29)26-12-10-25(11-13-26)20(27)14-16-6-8-18(24)9-7-16/h2-9H,10-15H2,1H3. The third-order valence-corrected chi connectivity index (χ3v) is 5.98. The lowest BCUT2D eigenvalue weighted by Gasteiger charge is -2.41. The van der Waals surface area contributed by atoms with Gasteiger partial charge >= 0.3 is 5.97 Å². The number of amides is 2. The monoisotopic (exact) mass is 426 g/mol. The predicted molar refractivity (Wildman–Crippen MR) is 112 cm³/mol. The van der Waals surface area contributed by atoms with Crippen LogP contribution in [0.3, 0.4) is 0 Å². The molecule has 1 fully saturated rings. The summed E-state index contributed by atoms with van der Waals surface area (Å²) in [5.41, 5.74) is 1.02. The average molecular weight is 427 g/mol. The number of fused-ring (bicyclic) bond motifs is 1. The van der Waals surface area contributed by atoms with E-state index in [-0.39, 0.29) is 11.8 Å². The number of halogens is 1. The molecule has 6 nitrogen and oxygen atoms in total. The molecule has 0 spiro atoms. The summed E-state index contributed by atoms with van der Waals surface area (Å²) in [5, 5.41) is 0.637. The maximum absolute atomic E-state index is 13.2. The normalized spacial score (nSPS) is 21.1. The first-order chi connectivity index (χ1) is 14.4. The van der Waals surface area contributed by atoms with Crippen LogP contribution in [0.2, 0.25) is 5.02 Å². The molecule has 0 bridgehead atoms. The number of cyclic esters (lactones) is 1. The molecule has 1 saturated heterocycles. The van der Waals surface area contributed by atoms with Crippen molar-refractivity contribution in [2.45, 2.75) is 25.4 Å². The molecule has 0 N–H and O–H groups in total. The maximum Gasteiger partial charge on any atom is 0.339 e. The minimum Gasteiger partial charge on any atom is -0.445 e. The van der Waals surface area contributed by atoms with Gasteiger partial charge in [0.1, 0.15) is 0 Å². The Bertz CT molecular complexity index is 983. The largest absolute Gasteiger partial charge is 0.445 e. The molecule has 0 radical (unpaired) electrons. The van der Waals surface area contributed by atoms with Gasteiger partial charge in [0, 0.05) is 37.6 Å². The summed E-state index contributed by atoms with van der Waals surface area (Å²) in [5.74, 6) is -0.659. The fourth-order valence-electron chi connectivity index (χ4n) is 4.03. The summed E-state index contributed by atoms with van der Waals surface area (Å²) in [6.07, 6.45) is 0.653. The minimum absolute atomic E-state index is 0.0219. The molecular formula is C23H23ClN2O4. The molecule has 2 aliphatic rings. The molecule has 30 heavy (non-hydrogen) atoms. The van der Waals surface area contributed by atoms with Gasteiger partial charge in [0.25, 0.3) is 5.91 Å². The van der Waals surface area contributed by atoms with E-state index in [9.17, 15) is 14.4 Å². The van der Waals surface area contributed by atoms with E-state index in [1.54, 1.807) is 41.0 Å². The second kappa shape index (κ2) is 8.11. The molecule has 2 amide bonds. The van der Waals surface area contributed by atoms with Gasteiger partial charge in [-0.05, 0) is 36.2 Å². The van der Waals surface area contributed by atoms with Crippen molar-refractivity contribution >= 4 is 29.4 Å². The van der Waals surface area contributed by atoms with Crippen molar-refractivity contribution in [1.29, 1.82) is 0 Å². The Labute approximate surface area is 180 Å². The highest BCUT2D eigenvalue weighted by molar-refractivity contribution is 6.30. The number of hydrogen-bond donors (Lipinski definition) is 0. The number of nitrogens with zero attached hydrogens (tertiary/aromatic N) is 2. The van der Waals surface area contributed by atoms with Gasteiger partial charge in [-0.1, -0.05) is 41.9 Å². The Balaban J connectivity index is 1.37. The Morgan fingerprint density at radius 2 is 1.63 bits per heavy atom. The van der Waals surface area contributed by atoms with Crippen LogP contribution in [0.5, 0.6) is 0 Å². The molecule has 7 heteroatoms. The topological polar surface area (TPSA) is 66.9 Å². The van der Waals surface area contributed by atoms with Gasteiger partial charge < -0.3 is 14.5 Å². The SMILES string of the molecule is CC1(C(=O)N2CCN(C(=O)Cc3ccc(Cl)cc3)CC2)Cc2ccccc2C(=O)O1. The second-order valence-electron chi connectivity index (χ2n) is 7.93. The van der Waals surface area contributed by atoms with Crippen LogP contribution in [0.25, 0.3) is 0 Å². The third-order valence-electron chi connectivity index (χ3n) is 5.72. The van der Waals surface area contributed by atoms with Crippen molar-refractivity contribution < 1.29 is 19.1 Å². The van der Waals surface area contributed by atoms with Gasteiger partial charge in [-0.2, -0.15) is 0 Å². The lowest BCUT2D eigenvalue weighted by atomic mass is 9.88. The van der Waals surface area contributed by atoms with E-state index in [0.29, 0.717) is 49.6 Å². The number of ether oxygens (including phenoxy) is 1. The average Bonchev–Trinajstić information content (AvgIpc) is 2.75. The van der Waals surface area contributed by atoms with E-state index in [2.05, 4.69) is 0 Å². The highest BCUT2D eigenvalue weighted by Gasteiger charge is 2.45. The summed E-state index contributed by atoms with van der Waals surface area (Å²) in [7, 11) is 0. The van der Waals surface area contributed by atoms with E-state index in [0.717, 1.165) is 11.1 Å². The van der Waals surface area contributed by atoms with E-state index in [1.165, 1.54) is 0 Å². The first kappa shape index (κ1) is 20.4. The number of benzene rings is 2. The van der Waals surface area contributed by atoms with E-state index in [1.807, 2.05) is 24.3 Å². The van der Waals surface area contributed by atoms with Crippen molar-refractivity contribution in [1.82, 2.24) is 9.80 Å². The van der Waals surface area contributed by atoms with Crippen LogP contribution < -0.4 is 0 Å². The zero-order valence-electron chi connectivity index (χ0n) is 16.8. The number of carbonyl (C=O) groups excluding carboxylic acids is 3. The van der Waals surface area contributed by atoms with Crippen LogP contribution in [0.1, 0.15) is 28.4 Å². The number of piperazine rings is 1. The van der Waals surface area contributed by atoms with Crippen LogP contribution in [0.15, 0.2) is 48.5 Å². The number of esters is 1. The second-order valence-corrected chi connectivity index (χ2v) is 8.37. The third kappa shape index (κ3) is 4.05. The fraction of sp³-hybridized carbons (Fsp3) is 0.348. The van der Waals surface area contributed by atoms with Crippen LogP contribution in [0, 0.1) is 0 Å². The molecular weight excluding hydrogens is 404 g/mol. The van der Waals surface area contributed by atoms with E-state index >= 15 is 0 Å². The molecule has 1 atom stereocenters. The fourth-order valence-corrected chi connectivity index (χ4v) is 4.16. The molecule has 1 unspecified atom stereocenters. The van der Waals surface area contributed by atoms with Crippen molar-refractivity contribution in [3.63, 3.8) is 0 Å². The minimum atomic E-state index is -1.22. The highest BCUT2D eigenvalue weighted by Crippen LogP contribution is 2.30. The molecule has 2 heterocycles. The van der Waals surface area contributed by atoms with Crippen molar-refractivity contribution in [3.8, 4) is 0 Å². The van der Waals surface area contributed by atoms with Crippen molar-refractivity contribution in [2.75, 3.05) is 26.2 Å². The first-order valence-corrected chi connectivity index (χ1v) is 10.4. The molecule has 2 aliphatic heterocycles. The van der Waals surface area contributed by atoms with Gasteiger partial charge in [0.05, 0.1) is 12.0 Å². The Morgan fingerprint density at radius 1 is 1.00 bits per heavy atom. The van der Waals surface area contributed by atoms with Crippen molar-refractivity contribution in [2.24, 2.45) is 0 Å². The molecule has 2 aromatic rings. The predicted octanol–water partition coefficient (Wildman–Crippen LogP) is 2.73. The van der Waals surface area contributed by atoms with Gasteiger partial charge in [0.15, 0.2) is 5.60 Å². The number of rotatable bonds is 3. The Kier molecular flexibility index (Phi) is 5.52. The zero-order chi connectivity index (χ0) is 21.3. The van der Waals surface area contributed by atoms with Crippen LogP contribution in [0.4, 0.5) is 0 Å². The van der Waals surface area contributed by atoms with E-state index < -0.39 is 11.6 Å². The maximum atomic E-state index is 13.2. The summed E-state index contributed by atoms with van der Waals surface area (Å²) >= 11 is 5.89. The molecule has 156 valence electrons. The lowest BCUT2D eigenvalue weighted by Crippen LogP contribution is -2.58. The lowest BCUT2D eigenvalue weighted by molar-refractivity contribution is -0.154. The van der Waals surface area contributed by atoms with E-state index in [4.69, 9.17) is 16.3 Å². The van der Waals surface area contributed by atoms with Crippen LogP contribution >= 0.6 is 11.6 Å². The Hall–Kier alpha value is -2.86. The van der Waals surface area contributed by atoms with Crippen molar-refractivity contribution in [3.05, 3.63) is 70.2 Å². The molecule has 0 aromatic heterocycles. The highest BCUT2D eigenvalue weighted by atomic mass is 35.5. The molecule has 0 aliphatic carbocycles. The number of hydrogen-bond acceptors (Lipinski definition) is 4. The summed E-state index contributed by atoms with van der Waals surface area (Å²) in [6.45, 7) is 3.42. The smallest absolute Gasteiger partial charge is 0.339 e. The summed E-state index contributed by atoms with van der Waals surface area (Å²) in [6, 6.07) is 14.4. The van der Waals surface area contributed by atoms with Gasteiger partial charge in [-0.15, -0.1) is 0 Å². The molecule has 0 saturated carbocycles. The van der Waals surface area contributed by atoms with Gasteiger partial charge in [-0.3, -0.25) is 9.59 Å². The van der Waals surface area contributed by atoms with Gasteiger partial charge in [-0.25, -0.2) is 4.79 Å². The zero-order valence-corrected chi connectivity index (χ0v) is 17.5.